The van der Waals surface area contributed by atoms with Crippen LogP contribution in [0.2, 0.25) is 0 Å². The fourth-order valence-electron chi connectivity index (χ4n) is 2.16. The van der Waals surface area contributed by atoms with Gasteiger partial charge in [0.2, 0.25) is 0 Å². The van der Waals surface area contributed by atoms with E-state index in [2.05, 4.69) is 5.32 Å². The number of benzene rings is 2. The van der Waals surface area contributed by atoms with Crippen LogP contribution in [0.1, 0.15) is 30.2 Å². The lowest BCUT2D eigenvalue weighted by Crippen LogP contribution is -2.26. The largest absolute Gasteiger partial charge is 0.387 e. The Bertz CT molecular complexity index is 598. The molecular weight excluding hydrogens is 279 g/mol. The summed E-state index contributed by atoms with van der Waals surface area (Å²) in [7, 11) is 0. The fraction of sp³-hybridized carbons (Fsp3) is 0.250. The molecule has 2 rings (SSSR count). The summed E-state index contributed by atoms with van der Waals surface area (Å²) < 4.78 is 40.6. The van der Waals surface area contributed by atoms with E-state index in [4.69, 9.17) is 0 Å². The van der Waals surface area contributed by atoms with Crippen LogP contribution >= 0.6 is 0 Å². The molecule has 5 heteroatoms. The predicted molar refractivity (Wildman–Crippen MR) is 74.1 cm³/mol. The van der Waals surface area contributed by atoms with Crippen molar-refractivity contribution in [2.24, 2.45) is 0 Å². The third-order valence-electron chi connectivity index (χ3n) is 3.32. The van der Waals surface area contributed by atoms with Crippen molar-refractivity contribution in [3.8, 4) is 0 Å². The molecule has 2 N–H and O–H groups in total. The van der Waals surface area contributed by atoms with Crippen molar-refractivity contribution in [2.75, 3.05) is 6.54 Å². The maximum atomic E-state index is 13.6. The maximum Gasteiger partial charge on any atom is 0.131 e. The zero-order valence-corrected chi connectivity index (χ0v) is 11.5. The average molecular weight is 295 g/mol. The molecule has 0 aliphatic carbocycles. The number of rotatable bonds is 5. The summed E-state index contributed by atoms with van der Waals surface area (Å²) in [6, 6.07) is 9.23. The fourth-order valence-corrected chi connectivity index (χ4v) is 2.16. The Morgan fingerprint density at radius 3 is 2.14 bits per heavy atom. The quantitative estimate of drug-likeness (QED) is 0.885. The van der Waals surface area contributed by atoms with Crippen LogP contribution < -0.4 is 5.32 Å². The summed E-state index contributed by atoms with van der Waals surface area (Å²) in [6.45, 7) is 1.62. The number of aliphatic hydroxyl groups excluding tert-OH is 1. The van der Waals surface area contributed by atoms with Crippen molar-refractivity contribution in [1.29, 1.82) is 0 Å². The molecule has 2 aromatic rings. The molecular formula is C16H16F3NO. The summed E-state index contributed by atoms with van der Waals surface area (Å²) in [6.07, 6.45) is -1.35. The molecule has 2 atom stereocenters. The van der Waals surface area contributed by atoms with Crippen LogP contribution in [0.4, 0.5) is 13.2 Å². The van der Waals surface area contributed by atoms with Crippen LogP contribution in [0.5, 0.6) is 0 Å². The highest BCUT2D eigenvalue weighted by atomic mass is 19.1. The molecule has 2 unspecified atom stereocenters. The summed E-state index contributed by atoms with van der Waals surface area (Å²) in [5.41, 5.74) is 0.0458. The monoisotopic (exact) mass is 295 g/mol. The van der Waals surface area contributed by atoms with Gasteiger partial charge in [-0.1, -0.05) is 24.3 Å². The van der Waals surface area contributed by atoms with Gasteiger partial charge in [0.25, 0.3) is 0 Å². The lowest BCUT2D eigenvalue weighted by Gasteiger charge is -2.19. The van der Waals surface area contributed by atoms with Crippen LogP contribution in [0.25, 0.3) is 0 Å². The van der Waals surface area contributed by atoms with Gasteiger partial charge in [0.05, 0.1) is 11.7 Å². The van der Waals surface area contributed by atoms with E-state index in [1.165, 1.54) is 12.1 Å². The first-order valence-corrected chi connectivity index (χ1v) is 6.60. The topological polar surface area (TPSA) is 32.3 Å². The van der Waals surface area contributed by atoms with Crippen LogP contribution in [0.15, 0.2) is 42.5 Å². The van der Waals surface area contributed by atoms with Gasteiger partial charge in [0.1, 0.15) is 17.5 Å². The molecule has 0 amide bonds. The molecule has 2 nitrogen and oxygen atoms in total. The van der Waals surface area contributed by atoms with Gasteiger partial charge < -0.3 is 10.4 Å². The van der Waals surface area contributed by atoms with Crippen molar-refractivity contribution >= 4 is 0 Å². The summed E-state index contributed by atoms with van der Waals surface area (Å²) in [5.74, 6) is -1.98. The molecule has 0 heterocycles. The summed E-state index contributed by atoms with van der Waals surface area (Å²) in [5, 5.41) is 12.8. The number of hydrogen-bond acceptors (Lipinski definition) is 2. The molecule has 0 saturated carbocycles. The molecule has 0 radical (unpaired) electrons. The molecule has 2 aromatic carbocycles. The van der Waals surface area contributed by atoms with Gasteiger partial charge in [-0.05, 0) is 25.1 Å². The van der Waals surface area contributed by atoms with Gasteiger partial charge in [0.15, 0.2) is 0 Å². The van der Waals surface area contributed by atoms with Crippen molar-refractivity contribution in [3.63, 3.8) is 0 Å². The highest BCUT2D eigenvalue weighted by Gasteiger charge is 2.19. The summed E-state index contributed by atoms with van der Waals surface area (Å²) in [4.78, 5) is 0. The Hall–Kier alpha value is -1.85. The molecule has 112 valence electrons. The molecule has 0 spiro atoms. The van der Waals surface area contributed by atoms with E-state index >= 15 is 0 Å². The van der Waals surface area contributed by atoms with E-state index in [0.29, 0.717) is 5.56 Å². The van der Waals surface area contributed by atoms with Gasteiger partial charge in [-0.3, -0.25) is 0 Å². The molecule has 0 fully saturated rings. The Labute approximate surface area is 121 Å². The zero-order valence-electron chi connectivity index (χ0n) is 11.5. The number of hydrogen-bond donors (Lipinski definition) is 2. The third kappa shape index (κ3) is 3.62. The number of nitrogens with one attached hydrogen (secondary N) is 1. The average Bonchev–Trinajstić information content (AvgIpc) is 2.45. The van der Waals surface area contributed by atoms with E-state index < -0.39 is 23.8 Å². The van der Waals surface area contributed by atoms with Crippen molar-refractivity contribution in [1.82, 2.24) is 5.32 Å². The second-order valence-corrected chi connectivity index (χ2v) is 4.80. The standard InChI is InChI=1S/C16H16F3NO/c1-10(11-5-2-3-6-12(11)17)20-9-15(21)16-13(18)7-4-8-14(16)19/h2-8,10,15,20-21H,9H2,1H3. The minimum atomic E-state index is -1.35. The Kier molecular flexibility index (Phi) is 4.98. The molecule has 0 saturated heterocycles. The van der Waals surface area contributed by atoms with Gasteiger partial charge in [-0.25, -0.2) is 13.2 Å². The van der Waals surface area contributed by atoms with Crippen LogP contribution in [-0.4, -0.2) is 11.7 Å². The highest BCUT2D eigenvalue weighted by Crippen LogP contribution is 2.22. The van der Waals surface area contributed by atoms with E-state index in [-0.39, 0.29) is 17.9 Å². The zero-order chi connectivity index (χ0) is 15.4. The maximum absolute atomic E-state index is 13.6. The van der Waals surface area contributed by atoms with E-state index in [9.17, 15) is 18.3 Å². The Balaban J connectivity index is 2.04. The molecule has 0 aliphatic heterocycles. The third-order valence-corrected chi connectivity index (χ3v) is 3.32. The number of halogens is 3. The van der Waals surface area contributed by atoms with Crippen molar-refractivity contribution < 1.29 is 18.3 Å². The smallest absolute Gasteiger partial charge is 0.131 e. The first-order chi connectivity index (χ1) is 10.0. The SMILES string of the molecule is CC(NCC(O)c1c(F)cccc1F)c1ccccc1F. The van der Waals surface area contributed by atoms with Gasteiger partial charge in [-0.15, -0.1) is 0 Å². The second kappa shape index (κ2) is 6.74. The Morgan fingerprint density at radius 2 is 1.52 bits per heavy atom. The molecule has 21 heavy (non-hydrogen) atoms. The van der Waals surface area contributed by atoms with Crippen LogP contribution in [-0.2, 0) is 0 Å². The molecule has 0 aromatic heterocycles. The predicted octanol–water partition coefficient (Wildman–Crippen LogP) is 3.49. The first-order valence-electron chi connectivity index (χ1n) is 6.60. The van der Waals surface area contributed by atoms with E-state index in [0.717, 1.165) is 12.1 Å². The van der Waals surface area contributed by atoms with E-state index in [1.54, 1.807) is 25.1 Å². The van der Waals surface area contributed by atoms with Crippen molar-refractivity contribution in [2.45, 2.75) is 19.1 Å². The molecule has 0 bridgehead atoms. The first kappa shape index (κ1) is 15.5. The van der Waals surface area contributed by atoms with Crippen LogP contribution in [0.3, 0.4) is 0 Å². The highest BCUT2D eigenvalue weighted by molar-refractivity contribution is 5.23. The normalized spacial score (nSPS) is 14.0. The van der Waals surface area contributed by atoms with E-state index in [1.807, 2.05) is 0 Å². The van der Waals surface area contributed by atoms with Gasteiger partial charge in [-0.2, -0.15) is 0 Å². The number of aliphatic hydroxyl groups is 1. The second-order valence-electron chi connectivity index (χ2n) is 4.80. The minimum Gasteiger partial charge on any atom is -0.387 e. The van der Waals surface area contributed by atoms with Crippen molar-refractivity contribution in [3.05, 3.63) is 71.0 Å². The minimum absolute atomic E-state index is 0.0899. The van der Waals surface area contributed by atoms with Crippen LogP contribution in [0, 0.1) is 17.5 Å². The lowest BCUT2D eigenvalue weighted by atomic mass is 10.1. The lowest BCUT2D eigenvalue weighted by molar-refractivity contribution is 0.161. The molecule has 0 aliphatic rings. The summed E-state index contributed by atoms with van der Waals surface area (Å²) >= 11 is 0. The van der Waals surface area contributed by atoms with Gasteiger partial charge >= 0.3 is 0 Å². The Morgan fingerprint density at radius 1 is 0.952 bits per heavy atom. The van der Waals surface area contributed by atoms with Gasteiger partial charge in [0, 0.05) is 18.2 Å².